The Balaban J connectivity index is 2.52. The Hall–Kier alpha value is -1.10. The number of carbonyl (C=O) groups is 2. The summed E-state index contributed by atoms with van der Waals surface area (Å²) < 4.78 is 0. The number of aliphatic carboxylic acids is 1. The van der Waals surface area contributed by atoms with E-state index < -0.39 is 5.97 Å². The molecule has 1 amide bonds. The predicted octanol–water partition coefficient (Wildman–Crippen LogP) is 1.04. The van der Waals surface area contributed by atoms with Crippen LogP contribution in [-0.2, 0) is 9.59 Å². The van der Waals surface area contributed by atoms with Gasteiger partial charge < -0.3 is 10.0 Å². The van der Waals surface area contributed by atoms with E-state index in [4.69, 9.17) is 5.11 Å². The summed E-state index contributed by atoms with van der Waals surface area (Å²) in [4.78, 5) is 26.0. The molecule has 0 radical (unpaired) electrons. The Morgan fingerprint density at radius 3 is 2.61 bits per heavy atom. The Labute approximate surface area is 109 Å². The Morgan fingerprint density at radius 2 is 2.11 bits per heavy atom. The second kappa shape index (κ2) is 6.73. The Kier molecular flexibility index (Phi) is 5.59. The van der Waals surface area contributed by atoms with Crippen LogP contribution in [0.2, 0.25) is 0 Å². The van der Waals surface area contributed by atoms with Crippen LogP contribution in [-0.4, -0.2) is 59.0 Å². The zero-order valence-electron chi connectivity index (χ0n) is 11.6. The fourth-order valence-electron chi connectivity index (χ4n) is 2.46. The maximum atomic E-state index is 11.4. The predicted molar refractivity (Wildman–Crippen MR) is 69.3 cm³/mol. The summed E-state index contributed by atoms with van der Waals surface area (Å²) in [6.45, 7) is 8.05. The first-order valence-corrected chi connectivity index (χ1v) is 6.61. The van der Waals surface area contributed by atoms with Crippen LogP contribution < -0.4 is 0 Å². The molecule has 18 heavy (non-hydrogen) atoms. The first kappa shape index (κ1) is 15.0. The molecule has 0 spiro atoms. The van der Waals surface area contributed by atoms with Gasteiger partial charge in [-0.2, -0.15) is 0 Å². The molecule has 1 aliphatic heterocycles. The lowest BCUT2D eigenvalue weighted by molar-refractivity contribution is -0.139. The van der Waals surface area contributed by atoms with E-state index in [-0.39, 0.29) is 18.5 Å². The molecule has 1 fully saturated rings. The summed E-state index contributed by atoms with van der Waals surface area (Å²) >= 11 is 0. The van der Waals surface area contributed by atoms with Gasteiger partial charge >= 0.3 is 5.97 Å². The maximum Gasteiger partial charge on any atom is 0.317 e. The molecule has 0 aromatic carbocycles. The number of rotatable bonds is 5. The van der Waals surface area contributed by atoms with Crippen molar-refractivity contribution in [2.24, 2.45) is 5.92 Å². The molecule has 1 heterocycles. The molecule has 0 aromatic rings. The summed E-state index contributed by atoms with van der Waals surface area (Å²) in [6.07, 6.45) is 2.09. The molecule has 1 rings (SSSR count). The minimum absolute atomic E-state index is 0.0776. The van der Waals surface area contributed by atoms with Crippen molar-refractivity contribution in [3.63, 3.8) is 0 Å². The molecule has 0 unspecified atom stereocenters. The van der Waals surface area contributed by atoms with Crippen molar-refractivity contribution in [2.75, 3.05) is 26.2 Å². The number of carbonyl (C=O) groups excluding carboxylic acids is 1. The van der Waals surface area contributed by atoms with E-state index in [9.17, 15) is 9.59 Å². The average Bonchev–Trinajstić information content (AvgIpc) is 2.27. The molecule has 0 aromatic heterocycles. The molecule has 1 atom stereocenters. The lowest BCUT2D eigenvalue weighted by Crippen LogP contribution is -2.45. The van der Waals surface area contributed by atoms with Crippen molar-refractivity contribution in [1.29, 1.82) is 0 Å². The lowest BCUT2D eigenvalue weighted by Gasteiger charge is -2.36. The fraction of sp³-hybridized carbons (Fsp3) is 0.846. The quantitative estimate of drug-likeness (QED) is 0.798. The molecular weight excluding hydrogens is 232 g/mol. The minimum Gasteiger partial charge on any atom is -0.480 e. The molecule has 1 saturated heterocycles. The third-order valence-electron chi connectivity index (χ3n) is 3.53. The first-order valence-electron chi connectivity index (χ1n) is 6.61. The number of hydrogen-bond donors (Lipinski definition) is 1. The van der Waals surface area contributed by atoms with Crippen molar-refractivity contribution in [2.45, 2.75) is 39.7 Å². The normalized spacial score (nSPS) is 20.5. The SMILES string of the molecule is CC(=O)N1CCC[C@H](CN(CC(=O)O)C(C)C)C1. The molecular formula is C13H24N2O3. The highest BCUT2D eigenvalue weighted by molar-refractivity contribution is 5.73. The largest absolute Gasteiger partial charge is 0.480 e. The van der Waals surface area contributed by atoms with Crippen molar-refractivity contribution in [3.05, 3.63) is 0 Å². The number of nitrogens with zero attached hydrogens (tertiary/aromatic N) is 2. The average molecular weight is 256 g/mol. The molecule has 0 bridgehead atoms. The van der Waals surface area contributed by atoms with Crippen molar-refractivity contribution in [3.8, 4) is 0 Å². The number of carboxylic acid groups (broad SMARTS) is 1. The van der Waals surface area contributed by atoms with Crippen molar-refractivity contribution >= 4 is 11.9 Å². The molecule has 1 N–H and O–H groups in total. The minimum atomic E-state index is -0.789. The van der Waals surface area contributed by atoms with E-state index in [0.717, 1.165) is 32.5 Å². The third-order valence-corrected chi connectivity index (χ3v) is 3.53. The van der Waals surface area contributed by atoms with Gasteiger partial charge in [0.25, 0.3) is 0 Å². The molecule has 104 valence electrons. The molecule has 5 nitrogen and oxygen atoms in total. The van der Waals surface area contributed by atoms with Gasteiger partial charge in [-0.3, -0.25) is 14.5 Å². The zero-order chi connectivity index (χ0) is 13.7. The Bertz CT molecular complexity index is 305. The highest BCUT2D eigenvalue weighted by Gasteiger charge is 2.25. The van der Waals surface area contributed by atoms with Gasteiger partial charge in [-0.15, -0.1) is 0 Å². The summed E-state index contributed by atoms with van der Waals surface area (Å²) in [6, 6.07) is 0.216. The summed E-state index contributed by atoms with van der Waals surface area (Å²) in [5.41, 5.74) is 0. The summed E-state index contributed by atoms with van der Waals surface area (Å²) in [7, 11) is 0. The maximum absolute atomic E-state index is 11.4. The van der Waals surface area contributed by atoms with Crippen LogP contribution in [0.1, 0.15) is 33.6 Å². The number of likely N-dealkylation sites (tertiary alicyclic amines) is 1. The van der Waals surface area contributed by atoms with Crippen LogP contribution in [0.25, 0.3) is 0 Å². The van der Waals surface area contributed by atoms with E-state index >= 15 is 0 Å². The highest BCUT2D eigenvalue weighted by Crippen LogP contribution is 2.18. The topological polar surface area (TPSA) is 60.9 Å². The van der Waals surface area contributed by atoms with Crippen LogP contribution >= 0.6 is 0 Å². The van der Waals surface area contributed by atoms with Gasteiger partial charge in [0.15, 0.2) is 0 Å². The van der Waals surface area contributed by atoms with E-state index in [1.807, 2.05) is 23.6 Å². The molecule has 5 heteroatoms. The van der Waals surface area contributed by atoms with Gasteiger partial charge in [-0.1, -0.05) is 0 Å². The first-order chi connectivity index (χ1) is 8.40. The molecule has 0 aliphatic carbocycles. The smallest absolute Gasteiger partial charge is 0.317 e. The van der Waals surface area contributed by atoms with E-state index in [1.54, 1.807) is 6.92 Å². The van der Waals surface area contributed by atoms with Crippen LogP contribution in [0, 0.1) is 5.92 Å². The lowest BCUT2D eigenvalue weighted by atomic mass is 9.97. The van der Waals surface area contributed by atoms with Gasteiger partial charge in [0.2, 0.25) is 5.91 Å². The van der Waals surface area contributed by atoms with Crippen LogP contribution in [0.5, 0.6) is 0 Å². The Morgan fingerprint density at radius 1 is 1.44 bits per heavy atom. The monoisotopic (exact) mass is 256 g/mol. The zero-order valence-corrected chi connectivity index (χ0v) is 11.6. The van der Waals surface area contributed by atoms with Crippen LogP contribution in [0.4, 0.5) is 0 Å². The van der Waals surface area contributed by atoms with Gasteiger partial charge in [-0.25, -0.2) is 0 Å². The van der Waals surface area contributed by atoms with E-state index in [2.05, 4.69) is 0 Å². The fourth-order valence-corrected chi connectivity index (χ4v) is 2.46. The molecule has 0 saturated carbocycles. The number of hydrogen-bond acceptors (Lipinski definition) is 3. The highest BCUT2D eigenvalue weighted by atomic mass is 16.4. The third kappa shape index (κ3) is 4.64. The standard InChI is InChI=1S/C13H24N2O3/c1-10(2)15(9-13(17)18)8-12-5-4-6-14(7-12)11(3)16/h10,12H,4-9H2,1-3H3,(H,17,18)/t12-/m0/s1. The van der Waals surface area contributed by atoms with Crippen molar-refractivity contribution < 1.29 is 14.7 Å². The molecule has 1 aliphatic rings. The number of carboxylic acids is 1. The van der Waals surface area contributed by atoms with Crippen molar-refractivity contribution in [1.82, 2.24) is 9.80 Å². The van der Waals surface area contributed by atoms with Gasteiger partial charge in [-0.05, 0) is 32.6 Å². The van der Waals surface area contributed by atoms with Crippen LogP contribution in [0.15, 0.2) is 0 Å². The van der Waals surface area contributed by atoms with E-state index in [0.29, 0.717) is 5.92 Å². The van der Waals surface area contributed by atoms with E-state index in [1.165, 1.54) is 0 Å². The summed E-state index contributed by atoms with van der Waals surface area (Å²) in [5, 5.41) is 8.90. The number of amides is 1. The number of piperidine rings is 1. The van der Waals surface area contributed by atoms with Gasteiger partial charge in [0, 0.05) is 32.6 Å². The van der Waals surface area contributed by atoms with Gasteiger partial charge in [0.1, 0.15) is 0 Å². The second-order valence-corrected chi connectivity index (χ2v) is 5.39. The summed E-state index contributed by atoms with van der Waals surface area (Å²) in [5.74, 6) is -0.277. The van der Waals surface area contributed by atoms with Gasteiger partial charge in [0.05, 0.1) is 6.54 Å². The van der Waals surface area contributed by atoms with Crippen LogP contribution in [0.3, 0.4) is 0 Å². The second-order valence-electron chi connectivity index (χ2n) is 5.39.